The van der Waals surface area contributed by atoms with Gasteiger partial charge in [0, 0.05) is 34.8 Å². The molecule has 1 amide bonds. The van der Waals surface area contributed by atoms with E-state index in [1.54, 1.807) is 18.0 Å². The van der Waals surface area contributed by atoms with Crippen LogP contribution in [0.15, 0.2) is 53.6 Å². The van der Waals surface area contributed by atoms with E-state index in [0.717, 1.165) is 29.4 Å². The topological polar surface area (TPSA) is 42.0 Å². The normalized spacial score (nSPS) is 16.6. The van der Waals surface area contributed by atoms with E-state index in [2.05, 4.69) is 28.5 Å². The lowest BCUT2D eigenvalue weighted by Gasteiger charge is -2.25. The molecule has 120 valence electrons. The lowest BCUT2D eigenvalue weighted by molar-refractivity contribution is -0.121. The first kappa shape index (κ1) is 16.4. The van der Waals surface area contributed by atoms with Crippen LogP contribution in [0.1, 0.15) is 30.1 Å². The molecule has 0 unspecified atom stereocenters. The van der Waals surface area contributed by atoms with Crippen LogP contribution in [0.3, 0.4) is 0 Å². The molecule has 0 bridgehead atoms. The monoisotopic (exact) mass is 344 g/mol. The zero-order valence-corrected chi connectivity index (χ0v) is 14.5. The van der Waals surface area contributed by atoms with Gasteiger partial charge >= 0.3 is 0 Å². The SMILES string of the molecule is O=C(CCSCc1ccccn1)N[C@H]1CCSc2ccccc21. The molecule has 1 N–H and O–H groups in total. The van der Waals surface area contributed by atoms with Gasteiger partial charge in [0.1, 0.15) is 0 Å². The fourth-order valence-electron chi connectivity index (χ4n) is 2.58. The smallest absolute Gasteiger partial charge is 0.221 e. The molecule has 23 heavy (non-hydrogen) atoms. The first-order chi connectivity index (χ1) is 11.3. The number of hydrogen-bond donors (Lipinski definition) is 1. The van der Waals surface area contributed by atoms with Gasteiger partial charge in [-0.05, 0) is 30.2 Å². The highest BCUT2D eigenvalue weighted by Crippen LogP contribution is 2.35. The summed E-state index contributed by atoms with van der Waals surface area (Å²) in [6.07, 6.45) is 3.37. The van der Waals surface area contributed by atoms with E-state index in [4.69, 9.17) is 0 Å². The number of carbonyl (C=O) groups is 1. The van der Waals surface area contributed by atoms with Crippen LogP contribution >= 0.6 is 23.5 Å². The van der Waals surface area contributed by atoms with Crippen molar-refractivity contribution < 1.29 is 4.79 Å². The third-order valence-electron chi connectivity index (χ3n) is 3.74. The summed E-state index contributed by atoms with van der Waals surface area (Å²) in [6, 6.07) is 14.5. The van der Waals surface area contributed by atoms with Crippen LogP contribution in [-0.4, -0.2) is 22.4 Å². The maximum Gasteiger partial charge on any atom is 0.221 e. The van der Waals surface area contributed by atoms with Gasteiger partial charge in [0.15, 0.2) is 0 Å². The number of benzene rings is 1. The van der Waals surface area contributed by atoms with Crippen LogP contribution in [0.25, 0.3) is 0 Å². The summed E-state index contributed by atoms with van der Waals surface area (Å²) < 4.78 is 0. The van der Waals surface area contributed by atoms with E-state index in [0.29, 0.717) is 6.42 Å². The van der Waals surface area contributed by atoms with E-state index < -0.39 is 0 Å². The number of fused-ring (bicyclic) bond motifs is 1. The maximum atomic E-state index is 12.2. The zero-order valence-electron chi connectivity index (χ0n) is 12.9. The number of aromatic nitrogens is 1. The summed E-state index contributed by atoms with van der Waals surface area (Å²) in [6.45, 7) is 0. The van der Waals surface area contributed by atoms with E-state index in [9.17, 15) is 4.79 Å². The number of nitrogens with zero attached hydrogens (tertiary/aromatic N) is 1. The third-order valence-corrected chi connectivity index (χ3v) is 5.86. The Morgan fingerprint density at radius 2 is 2.13 bits per heavy atom. The summed E-state index contributed by atoms with van der Waals surface area (Å²) in [5, 5.41) is 3.19. The van der Waals surface area contributed by atoms with Crippen molar-refractivity contribution >= 4 is 29.4 Å². The Labute approximate surface area is 145 Å². The Morgan fingerprint density at radius 3 is 3.00 bits per heavy atom. The van der Waals surface area contributed by atoms with Crippen LogP contribution in [0, 0.1) is 0 Å². The first-order valence-corrected chi connectivity index (χ1v) is 9.96. The summed E-state index contributed by atoms with van der Waals surface area (Å²) in [5.74, 6) is 2.89. The van der Waals surface area contributed by atoms with Gasteiger partial charge in [0.25, 0.3) is 0 Å². The van der Waals surface area contributed by atoms with Gasteiger partial charge in [0.05, 0.1) is 11.7 Å². The van der Waals surface area contributed by atoms with Crippen LogP contribution in [-0.2, 0) is 10.5 Å². The second kappa shape index (κ2) is 8.41. The van der Waals surface area contributed by atoms with Crippen molar-refractivity contribution in [3.8, 4) is 0 Å². The molecular weight excluding hydrogens is 324 g/mol. The number of nitrogens with one attached hydrogen (secondary N) is 1. The second-order valence-corrected chi connectivity index (χ2v) is 7.66. The Bertz CT molecular complexity index is 648. The Kier molecular flexibility index (Phi) is 6.00. The van der Waals surface area contributed by atoms with Crippen molar-refractivity contribution in [2.75, 3.05) is 11.5 Å². The Hall–Kier alpha value is -1.46. The predicted molar refractivity (Wildman–Crippen MR) is 97.7 cm³/mol. The van der Waals surface area contributed by atoms with Gasteiger partial charge in [-0.25, -0.2) is 0 Å². The number of pyridine rings is 1. The molecular formula is C18H20N2OS2. The molecule has 0 radical (unpaired) electrons. The lowest BCUT2D eigenvalue weighted by atomic mass is 10.0. The molecule has 0 spiro atoms. The van der Waals surface area contributed by atoms with Crippen LogP contribution < -0.4 is 5.32 Å². The summed E-state index contributed by atoms with van der Waals surface area (Å²) in [7, 11) is 0. The first-order valence-electron chi connectivity index (χ1n) is 7.81. The van der Waals surface area contributed by atoms with Crippen molar-refractivity contribution in [2.24, 2.45) is 0 Å². The summed E-state index contributed by atoms with van der Waals surface area (Å²) >= 11 is 3.63. The van der Waals surface area contributed by atoms with Crippen molar-refractivity contribution in [3.63, 3.8) is 0 Å². The molecule has 3 rings (SSSR count). The molecule has 1 atom stereocenters. The molecule has 3 nitrogen and oxygen atoms in total. The molecule has 1 aromatic carbocycles. The highest BCUT2D eigenvalue weighted by atomic mass is 32.2. The van der Waals surface area contributed by atoms with E-state index in [-0.39, 0.29) is 11.9 Å². The minimum atomic E-state index is 0.144. The average molecular weight is 345 g/mol. The largest absolute Gasteiger partial charge is 0.349 e. The van der Waals surface area contributed by atoms with Gasteiger partial charge in [-0.2, -0.15) is 11.8 Å². The molecule has 0 saturated carbocycles. The second-order valence-electron chi connectivity index (χ2n) is 5.42. The van der Waals surface area contributed by atoms with Crippen LogP contribution in [0.4, 0.5) is 0 Å². The van der Waals surface area contributed by atoms with Gasteiger partial charge in [-0.3, -0.25) is 9.78 Å². The molecule has 0 fully saturated rings. The third kappa shape index (κ3) is 4.75. The van der Waals surface area contributed by atoms with E-state index in [1.807, 2.05) is 36.0 Å². The fourth-order valence-corrected chi connectivity index (χ4v) is 4.56. The van der Waals surface area contributed by atoms with Crippen molar-refractivity contribution in [2.45, 2.75) is 29.5 Å². The zero-order chi connectivity index (χ0) is 15.9. The van der Waals surface area contributed by atoms with E-state index >= 15 is 0 Å². The molecule has 5 heteroatoms. The quantitative estimate of drug-likeness (QED) is 0.803. The van der Waals surface area contributed by atoms with Crippen LogP contribution in [0.2, 0.25) is 0 Å². The molecule has 2 aromatic rings. The highest BCUT2D eigenvalue weighted by Gasteiger charge is 2.21. The fraction of sp³-hybridized carbons (Fsp3) is 0.333. The van der Waals surface area contributed by atoms with Crippen molar-refractivity contribution in [1.29, 1.82) is 0 Å². The molecule has 2 heterocycles. The molecule has 1 aromatic heterocycles. The summed E-state index contributed by atoms with van der Waals surface area (Å²) in [5.41, 5.74) is 2.33. The van der Waals surface area contributed by atoms with Crippen LogP contribution in [0.5, 0.6) is 0 Å². The summed E-state index contributed by atoms with van der Waals surface area (Å²) in [4.78, 5) is 17.8. The van der Waals surface area contributed by atoms with Gasteiger partial charge < -0.3 is 5.32 Å². The number of thioether (sulfide) groups is 2. The number of carbonyl (C=O) groups excluding carboxylic acids is 1. The van der Waals surface area contributed by atoms with Gasteiger partial charge in [-0.15, -0.1) is 11.8 Å². The van der Waals surface area contributed by atoms with Gasteiger partial charge in [0.2, 0.25) is 5.91 Å². The number of hydrogen-bond acceptors (Lipinski definition) is 4. The lowest BCUT2D eigenvalue weighted by Crippen LogP contribution is -2.30. The van der Waals surface area contributed by atoms with Gasteiger partial charge in [-0.1, -0.05) is 24.3 Å². The van der Waals surface area contributed by atoms with Crippen molar-refractivity contribution in [3.05, 3.63) is 59.9 Å². The molecule has 1 aliphatic rings. The highest BCUT2D eigenvalue weighted by molar-refractivity contribution is 7.99. The average Bonchev–Trinajstić information content (AvgIpc) is 2.60. The molecule has 1 aliphatic heterocycles. The number of amides is 1. The molecule has 0 aliphatic carbocycles. The Balaban J connectivity index is 1.43. The number of rotatable bonds is 6. The van der Waals surface area contributed by atoms with E-state index in [1.165, 1.54) is 10.5 Å². The minimum Gasteiger partial charge on any atom is -0.349 e. The predicted octanol–water partition coefficient (Wildman–Crippen LogP) is 4.06. The maximum absolute atomic E-state index is 12.2. The van der Waals surface area contributed by atoms with Crippen molar-refractivity contribution in [1.82, 2.24) is 10.3 Å². The minimum absolute atomic E-state index is 0.144. The molecule has 0 saturated heterocycles. The Morgan fingerprint density at radius 1 is 1.26 bits per heavy atom. The standard InChI is InChI=1S/C18H20N2OS2/c21-18(9-11-22-13-14-5-3-4-10-19-14)20-16-8-12-23-17-7-2-1-6-15(16)17/h1-7,10,16H,8-9,11-13H2,(H,20,21)/t16-/m0/s1.